The molecule has 1 N–H and O–H groups in total. The summed E-state index contributed by atoms with van der Waals surface area (Å²) in [4.78, 5) is 37.5. The van der Waals surface area contributed by atoms with Gasteiger partial charge in [-0.25, -0.2) is 9.59 Å². The second-order valence-corrected chi connectivity index (χ2v) is 5.91. The van der Waals surface area contributed by atoms with Crippen LogP contribution in [0.2, 0.25) is 0 Å². The Kier molecular flexibility index (Phi) is 4.16. The Bertz CT molecular complexity index is 738. The van der Waals surface area contributed by atoms with Crippen LogP contribution >= 0.6 is 11.3 Å². The number of hydrogen-bond donors (Lipinski definition) is 1. The molecule has 23 heavy (non-hydrogen) atoms. The van der Waals surface area contributed by atoms with Gasteiger partial charge in [0.25, 0.3) is 5.91 Å². The number of nitrogens with one attached hydrogen (secondary N) is 1. The number of rotatable bonds is 4. The van der Waals surface area contributed by atoms with E-state index < -0.39 is 24.0 Å². The lowest BCUT2D eigenvalue weighted by Crippen LogP contribution is -2.41. The molecule has 1 fully saturated rings. The molecule has 3 rings (SSSR count). The maximum Gasteiger partial charge on any atom is 0.351 e. The van der Waals surface area contributed by atoms with Crippen molar-refractivity contribution in [1.29, 1.82) is 0 Å². The first-order valence-corrected chi connectivity index (χ1v) is 7.97. The lowest BCUT2D eigenvalue weighted by Gasteiger charge is -2.18. The molecule has 7 nitrogen and oxygen atoms in total. The zero-order chi connectivity index (χ0) is 16.4. The fraction of sp³-hybridized carbons (Fsp3) is 0.267. The number of nitrogens with zero attached hydrogens (tertiary/aromatic N) is 2. The quantitative estimate of drug-likeness (QED) is 0.863. The second kappa shape index (κ2) is 6.25. The number of ether oxygens (including phenoxy) is 1. The van der Waals surface area contributed by atoms with Crippen LogP contribution in [-0.4, -0.2) is 46.6 Å². The molecule has 3 amide bonds. The van der Waals surface area contributed by atoms with Gasteiger partial charge in [-0.15, -0.1) is 11.3 Å². The highest BCUT2D eigenvalue weighted by molar-refractivity contribution is 7.12. The van der Waals surface area contributed by atoms with Crippen molar-refractivity contribution < 1.29 is 19.1 Å². The molecule has 0 spiro atoms. The molecule has 0 saturated carbocycles. The SMILES string of the molecule is CC(OC(=O)c1sccc1-n1cccc1)C(=O)N1CCNC1=O. The summed E-state index contributed by atoms with van der Waals surface area (Å²) in [6, 6.07) is 5.05. The van der Waals surface area contributed by atoms with Gasteiger partial charge in [-0.1, -0.05) is 0 Å². The van der Waals surface area contributed by atoms with Gasteiger partial charge in [-0.2, -0.15) is 0 Å². The number of urea groups is 1. The summed E-state index contributed by atoms with van der Waals surface area (Å²) in [6.07, 6.45) is 2.62. The monoisotopic (exact) mass is 333 g/mol. The molecular weight excluding hydrogens is 318 g/mol. The molecule has 0 bridgehead atoms. The number of amides is 3. The predicted octanol–water partition coefficient (Wildman–Crippen LogP) is 1.64. The van der Waals surface area contributed by atoms with Crippen LogP contribution in [0.5, 0.6) is 0 Å². The van der Waals surface area contributed by atoms with E-state index in [0.717, 1.165) is 4.90 Å². The van der Waals surface area contributed by atoms with Crippen molar-refractivity contribution in [3.63, 3.8) is 0 Å². The molecule has 1 saturated heterocycles. The van der Waals surface area contributed by atoms with E-state index in [-0.39, 0.29) is 6.54 Å². The number of esters is 1. The predicted molar refractivity (Wildman–Crippen MR) is 83.6 cm³/mol. The van der Waals surface area contributed by atoms with Crippen LogP contribution in [0.25, 0.3) is 5.69 Å². The van der Waals surface area contributed by atoms with Gasteiger partial charge in [0.05, 0.1) is 5.69 Å². The number of imide groups is 1. The summed E-state index contributed by atoms with van der Waals surface area (Å²) in [5.41, 5.74) is 0.698. The van der Waals surface area contributed by atoms with Crippen molar-refractivity contribution in [1.82, 2.24) is 14.8 Å². The molecular formula is C15H15N3O4S. The van der Waals surface area contributed by atoms with E-state index in [1.807, 2.05) is 30.6 Å². The summed E-state index contributed by atoms with van der Waals surface area (Å²) in [5.74, 6) is -1.10. The summed E-state index contributed by atoms with van der Waals surface area (Å²) >= 11 is 1.24. The average Bonchev–Trinajstić information content (AvgIpc) is 3.26. The molecule has 1 atom stereocenters. The van der Waals surface area contributed by atoms with E-state index in [9.17, 15) is 14.4 Å². The fourth-order valence-electron chi connectivity index (χ4n) is 2.32. The molecule has 1 aliphatic rings. The second-order valence-electron chi connectivity index (χ2n) is 4.99. The minimum atomic E-state index is -1.02. The Morgan fingerprint density at radius 2 is 2.09 bits per heavy atom. The Morgan fingerprint density at radius 1 is 1.35 bits per heavy atom. The van der Waals surface area contributed by atoms with Crippen molar-refractivity contribution in [3.8, 4) is 5.69 Å². The molecule has 120 valence electrons. The first-order chi connectivity index (χ1) is 11.1. The van der Waals surface area contributed by atoms with Crippen molar-refractivity contribution in [2.24, 2.45) is 0 Å². The minimum Gasteiger partial charge on any atom is -0.448 e. The van der Waals surface area contributed by atoms with E-state index in [1.165, 1.54) is 18.3 Å². The number of thiophene rings is 1. The normalized spacial score (nSPS) is 15.3. The van der Waals surface area contributed by atoms with Crippen LogP contribution in [-0.2, 0) is 9.53 Å². The van der Waals surface area contributed by atoms with E-state index >= 15 is 0 Å². The third-order valence-corrected chi connectivity index (χ3v) is 4.35. The Balaban J connectivity index is 1.71. The van der Waals surface area contributed by atoms with Crippen molar-refractivity contribution in [2.75, 3.05) is 13.1 Å². The van der Waals surface area contributed by atoms with Gasteiger partial charge in [0, 0.05) is 25.5 Å². The van der Waals surface area contributed by atoms with Crippen molar-refractivity contribution in [2.45, 2.75) is 13.0 Å². The van der Waals surface area contributed by atoms with Gasteiger partial charge < -0.3 is 14.6 Å². The van der Waals surface area contributed by atoms with Crippen LogP contribution in [0, 0.1) is 0 Å². The third-order valence-electron chi connectivity index (χ3n) is 3.47. The average molecular weight is 333 g/mol. The maximum absolute atomic E-state index is 12.3. The molecule has 8 heteroatoms. The van der Waals surface area contributed by atoms with E-state index in [0.29, 0.717) is 17.1 Å². The van der Waals surface area contributed by atoms with E-state index in [2.05, 4.69) is 5.32 Å². The molecule has 0 radical (unpaired) electrons. The van der Waals surface area contributed by atoms with E-state index in [4.69, 9.17) is 4.74 Å². The molecule has 2 aromatic heterocycles. The number of carbonyl (C=O) groups is 3. The first-order valence-electron chi connectivity index (χ1n) is 7.09. The molecule has 0 aliphatic carbocycles. The van der Waals surface area contributed by atoms with Crippen molar-refractivity contribution in [3.05, 3.63) is 40.8 Å². The Labute approximate surface area is 136 Å². The smallest absolute Gasteiger partial charge is 0.351 e. The Hall–Kier alpha value is -2.61. The first kappa shape index (κ1) is 15.3. The highest BCUT2D eigenvalue weighted by atomic mass is 32.1. The summed E-state index contributed by atoms with van der Waals surface area (Å²) in [5, 5.41) is 4.32. The van der Waals surface area contributed by atoms with E-state index in [1.54, 1.807) is 9.95 Å². The highest BCUT2D eigenvalue weighted by Gasteiger charge is 2.32. The third kappa shape index (κ3) is 2.98. The highest BCUT2D eigenvalue weighted by Crippen LogP contribution is 2.23. The molecule has 0 aromatic carbocycles. The van der Waals surface area contributed by atoms with Gasteiger partial charge >= 0.3 is 12.0 Å². The van der Waals surface area contributed by atoms with Gasteiger partial charge in [-0.05, 0) is 30.5 Å². The van der Waals surface area contributed by atoms with Gasteiger partial charge in [0.1, 0.15) is 4.88 Å². The van der Waals surface area contributed by atoms with Crippen molar-refractivity contribution >= 4 is 29.2 Å². The fourth-order valence-corrected chi connectivity index (χ4v) is 3.09. The molecule has 2 aromatic rings. The van der Waals surface area contributed by atoms with Crippen LogP contribution in [0.1, 0.15) is 16.6 Å². The molecule has 1 unspecified atom stereocenters. The van der Waals surface area contributed by atoms with Crippen LogP contribution in [0.4, 0.5) is 4.79 Å². The number of aromatic nitrogens is 1. The number of carbonyl (C=O) groups excluding carboxylic acids is 3. The van der Waals surface area contributed by atoms with Crippen LogP contribution in [0.3, 0.4) is 0 Å². The Morgan fingerprint density at radius 3 is 2.74 bits per heavy atom. The van der Waals surface area contributed by atoms with Gasteiger partial charge in [0.2, 0.25) is 0 Å². The zero-order valence-corrected chi connectivity index (χ0v) is 13.2. The largest absolute Gasteiger partial charge is 0.448 e. The summed E-state index contributed by atoms with van der Waals surface area (Å²) in [7, 11) is 0. The summed E-state index contributed by atoms with van der Waals surface area (Å²) < 4.78 is 7.04. The van der Waals surface area contributed by atoms with Crippen LogP contribution in [0.15, 0.2) is 36.0 Å². The topological polar surface area (TPSA) is 80.6 Å². The lowest BCUT2D eigenvalue weighted by atomic mass is 10.3. The van der Waals surface area contributed by atoms with Crippen LogP contribution < -0.4 is 5.32 Å². The zero-order valence-electron chi connectivity index (χ0n) is 12.4. The minimum absolute atomic E-state index is 0.285. The maximum atomic E-state index is 12.3. The molecule has 1 aliphatic heterocycles. The van der Waals surface area contributed by atoms with Gasteiger partial charge in [-0.3, -0.25) is 9.69 Å². The number of hydrogen-bond acceptors (Lipinski definition) is 5. The molecule has 3 heterocycles. The standard InChI is InChI=1S/C15H15N3O4S/c1-10(13(19)18-8-5-16-15(18)21)22-14(20)12-11(4-9-23-12)17-6-2-3-7-17/h2-4,6-7,9-10H,5,8H2,1H3,(H,16,21). The lowest BCUT2D eigenvalue weighted by molar-refractivity contribution is -0.135. The summed E-state index contributed by atoms with van der Waals surface area (Å²) in [6.45, 7) is 2.16. The van der Waals surface area contributed by atoms with Gasteiger partial charge in [0.15, 0.2) is 6.10 Å².